The number of rotatable bonds is 2. The van der Waals surface area contributed by atoms with Crippen LogP contribution < -0.4 is 5.32 Å². The SMILES string of the molecule is Cc1ccc2c(c1)S[C@@H](C(=O)Nc1cccc(C)c1C)C2. The number of amides is 1. The van der Waals surface area contributed by atoms with Crippen molar-refractivity contribution >= 4 is 23.4 Å². The van der Waals surface area contributed by atoms with Crippen LogP contribution in [-0.2, 0) is 11.2 Å². The van der Waals surface area contributed by atoms with Gasteiger partial charge in [0.15, 0.2) is 0 Å². The Morgan fingerprint density at radius 2 is 2.00 bits per heavy atom. The Balaban J connectivity index is 1.75. The predicted octanol–water partition coefficient (Wildman–Crippen LogP) is 4.27. The third kappa shape index (κ3) is 2.84. The summed E-state index contributed by atoms with van der Waals surface area (Å²) in [6.07, 6.45) is 0.816. The average molecular weight is 297 g/mol. The highest BCUT2D eigenvalue weighted by molar-refractivity contribution is 8.01. The van der Waals surface area contributed by atoms with Crippen LogP contribution >= 0.6 is 11.8 Å². The zero-order valence-corrected chi connectivity index (χ0v) is 13.4. The van der Waals surface area contributed by atoms with Gasteiger partial charge in [0, 0.05) is 10.6 Å². The zero-order valence-electron chi connectivity index (χ0n) is 12.6. The third-order valence-electron chi connectivity index (χ3n) is 4.05. The maximum atomic E-state index is 12.5. The molecule has 0 radical (unpaired) electrons. The molecule has 2 aromatic rings. The second kappa shape index (κ2) is 5.57. The highest BCUT2D eigenvalue weighted by atomic mass is 32.2. The first kappa shape index (κ1) is 14.2. The second-order valence-corrected chi connectivity index (χ2v) is 6.90. The van der Waals surface area contributed by atoms with E-state index >= 15 is 0 Å². The molecule has 3 heteroatoms. The molecule has 0 saturated heterocycles. The van der Waals surface area contributed by atoms with Crippen molar-refractivity contribution < 1.29 is 4.79 Å². The van der Waals surface area contributed by atoms with Gasteiger partial charge in [0.25, 0.3) is 0 Å². The fourth-order valence-electron chi connectivity index (χ4n) is 2.58. The van der Waals surface area contributed by atoms with Gasteiger partial charge in [-0.15, -0.1) is 11.8 Å². The van der Waals surface area contributed by atoms with E-state index in [0.29, 0.717) is 0 Å². The minimum absolute atomic E-state index is 0.0262. The molecule has 21 heavy (non-hydrogen) atoms. The van der Waals surface area contributed by atoms with Crippen molar-refractivity contribution in [3.63, 3.8) is 0 Å². The lowest BCUT2D eigenvalue weighted by Crippen LogP contribution is -2.25. The Hall–Kier alpha value is -1.74. The maximum Gasteiger partial charge on any atom is 0.238 e. The minimum Gasteiger partial charge on any atom is -0.325 e. The number of nitrogens with one attached hydrogen (secondary N) is 1. The molecule has 2 aromatic carbocycles. The van der Waals surface area contributed by atoms with E-state index in [1.54, 1.807) is 11.8 Å². The van der Waals surface area contributed by atoms with Gasteiger partial charge in [-0.05, 0) is 56.0 Å². The maximum absolute atomic E-state index is 12.5. The number of anilines is 1. The highest BCUT2D eigenvalue weighted by Gasteiger charge is 2.28. The topological polar surface area (TPSA) is 29.1 Å². The summed E-state index contributed by atoms with van der Waals surface area (Å²) in [5.41, 5.74) is 5.80. The van der Waals surface area contributed by atoms with E-state index in [2.05, 4.69) is 43.4 Å². The number of fused-ring (bicyclic) bond motifs is 1. The van der Waals surface area contributed by atoms with Gasteiger partial charge in [-0.25, -0.2) is 0 Å². The van der Waals surface area contributed by atoms with Crippen LogP contribution in [0.1, 0.15) is 22.3 Å². The average Bonchev–Trinajstić information content (AvgIpc) is 2.87. The first-order chi connectivity index (χ1) is 10.0. The summed E-state index contributed by atoms with van der Waals surface area (Å²) < 4.78 is 0. The predicted molar refractivity (Wildman–Crippen MR) is 89.1 cm³/mol. The van der Waals surface area contributed by atoms with Crippen molar-refractivity contribution in [1.82, 2.24) is 0 Å². The molecule has 1 aliphatic heterocycles. The summed E-state index contributed by atoms with van der Waals surface area (Å²) in [6.45, 7) is 6.20. The van der Waals surface area contributed by atoms with Crippen LogP contribution in [0, 0.1) is 20.8 Å². The molecule has 108 valence electrons. The molecular formula is C18H19NOS. The molecule has 1 N–H and O–H groups in total. The quantitative estimate of drug-likeness (QED) is 0.897. The standard InChI is InChI=1S/C18H19NOS/c1-11-7-8-14-10-17(21-16(14)9-11)18(20)19-15-6-4-5-12(2)13(15)3/h4-9,17H,10H2,1-3H3,(H,19,20)/t17-/m1/s1. The van der Waals surface area contributed by atoms with E-state index in [9.17, 15) is 4.79 Å². The van der Waals surface area contributed by atoms with Gasteiger partial charge in [-0.1, -0.05) is 29.8 Å². The summed E-state index contributed by atoms with van der Waals surface area (Å²) in [5.74, 6) is 0.0996. The smallest absolute Gasteiger partial charge is 0.238 e. The number of hydrogen-bond acceptors (Lipinski definition) is 2. The highest BCUT2D eigenvalue weighted by Crippen LogP contribution is 2.38. The number of hydrogen-bond donors (Lipinski definition) is 1. The van der Waals surface area contributed by atoms with E-state index in [0.717, 1.165) is 17.7 Å². The number of benzene rings is 2. The van der Waals surface area contributed by atoms with Crippen molar-refractivity contribution in [2.45, 2.75) is 37.3 Å². The van der Waals surface area contributed by atoms with Crippen LogP contribution in [0.4, 0.5) is 5.69 Å². The van der Waals surface area contributed by atoms with E-state index in [1.165, 1.54) is 21.6 Å². The number of carbonyl (C=O) groups is 1. The van der Waals surface area contributed by atoms with Crippen LogP contribution in [0.15, 0.2) is 41.3 Å². The van der Waals surface area contributed by atoms with Crippen LogP contribution in [0.2, 0.25) is 0 Å². The third-order valence-corrected chi connectivity index (χ3v) is 5.35. The lowest BCUT2D eigenvalue weighted by molar-refractivity contribution is -0.115. The van der Waals surface area contributed by atoms with Crippen molar-refractivity contribution in [3.05, 3.63) is 58.7 Å². The van der Waals surface area contributed by atoms with Gasteiger partial charge >= 0.3 is 0 Å². The number of aryl methyl sites for hydroxylation is 2. The molecule has 1 atom stereocenters. The van der Waals surface area contributed by atoms with Crippen molar-refractivity contribution in [2.75, 3.05) is 5.32 Å². The summed E-state index contributed by atoms with van der Waals surface area (Å²) in [7, 11) is 0. The molecule has 2 nitrogen and oxygen atoms in total. The van der Waals surface area contributed by atoms with Crippen molar-refractivity contribution in [3.8, 4) is 0 Å². The summed E-state index contributed by atoms with van der Waals surface area (Å²) >= 11 is 1.68. The molecule has 1 aliphatic rings. The van der Waals surface area contributed by atoms with E-state index < -0.39 is 0 Å². The minimum atomic E-state index is -0.0262. The van der Waals surface area contributed by atoms with Gasteiger partial charge in [-0.3, -0.25) is 4.79 Å². The normalized spacial score (nSPS) is 16.6. The van der Waals surface area contributed by atoms with Gasteiger partial charge in [-0.2, -0.15) is 0 Å². The summed E-state index contributed by atoms with van der Waals surface area (Å²) in [5, 5.41) is 3.06. The Morgan fingerprint density at radius 3 is 2.81 bits per heavy atom. The molecular weight excluding hydrogens is 278 g/mol. The van der Waals surface area contributed by atoms with Crippen molar-refractivity contribution in [2.24, 2.45) is 0 Å². The molecule has 0 aromatic heterocycles. The zero-order chi connectivity index (χ0) is 15.0. The van der Waals surface area contributed by atoms with E-state index in [1.807, 2.05) is 19.1 Å². The van der Waals surface area contributed by atoms with Crippen LogP contribution in [0.25, 0.3) is 0 Å². The van der Waals surface area contributed by atoms with Gasteiger partial charge < -0.3 is 5.32 Å². The van der Waals surface area contributed by atoms with Crippen molar-refractivity contribution in [1.29, 1.82) is 0 Å². The molecule has 0 spiro atoms. The van der Waals surface area contributed by atoms with Gasteiger partial charge in [0.05, 0.1) is 5.25 Å². The van der Waals surface area contributed by atoms with E-state index in [-0.39, 0.29) is 11.2 Å². The first-order valence-corrected chi connectivity index (χ1v) is 8.06. The second-order valence-electron chi connectivity index (χ2n) is 5.66. The van der Waals surface area contributed by atoms with Crippen LogP contribution in [-0.4, -0.2) is 11.2 Å². The first-order valence-electron chi connectivity index (χ1n) is 7.18. The lowest BCUT2D eigenvalue weighted by Gasteiger charge is -2.13. The van der Waals surface area contributed by atoms with E-state index in [4.69, 9.17) is 0 Å². The van der Waals surface area contributed by atoms with Crippen LogP contribution in [0.3, 0.4) is 0 Å². The van der Waals surface area contributed by atoms with Gasteiger partial charge in [0.1, 0.15) is 0 Å². The Morgan fingerprint density at radius 1 is 1.19 bits per heavy atom. The van der Waals surface area contributed by atoms with Gasteiger partial charge in [0.2, 0.25) is 5.91 Å². The molecule has 3 rings (SSSR count). The summed E-state index contributed by atoms with van der Waals surface area (Å²) in [6, 6.07) is 12.4. The summed E-state index contributed by atoms with van der Waals surface area (Å²) in [4.78, 5) is 13.7. The number of carbonyl (C=O) groups excluding carboxylic acids is 1. The Kier molecular flexibility index (Phi) is 3.77. The molecule has 0 fully saturated rings. The molecule has 0 bridgehead atoms. The molecule has 1 heterocycles. The fourth-order valence-corrected chi connectivity index (χ4v) is 3.87. The lowest BCUT2D eigenvalue weighted by atomic mass is 10.1. The molecule has 0 aliphatic carbocycles. The Labute approximate surface area is 130 Å². The monoisotopic (exact) mass is 297 g/mol. The fraction of sp³-hybridized carbons (Fsp3) is 0.278. The molecule has 1 amide bonds. The van der Waals surface area contributed by atoms with Crippen LogP contribution in [0.5, 0.6) is 0 Å². The number of thioether (sulfide) groups is 1. The largest absolute Gasteiger partial charge is 0.325 e. The molecule has 0 saturated carbocycles. The molecule has 0 unspecified atom stereocenters. The Bertz CT molecular complexity index is 708.